The van der Waals surface area contributed by atoms with Gasteiger partial charge in [-0.2, -0.15) is 0 Å². The molecule has 0 aliphatic rings. The third-order valence-electron chi connectivity index (χ3n) is 3.48. The molecule has 9 heteroatoms. The summed E-state index contributed by atoms with van der Waals surface area (Å²) in [7, 11) is 1.50. The van der Waals surface area contributed by atoms with Gasteiger partial charge in [-0.1, -0.05) is 23.2 Å². The summed E-state index contributed by atoms with van der Waals surface area (Å²) >= 11 is 13.6. The molecule has 6 nitrogen and oxygen atoms in total. The highest BCUT2D eigenvalue weighted by Gasteiger charge is 2.22. The lowest BCUT2D eigenvalue weighted by atomic mass is 10.2. The number of carbonyl (C=O) groups is 2. The molecule has 0 fully saturated rings. The quantitative estimate of drug-likeness (QED) is 0.610. The van der Waals surface area contributed by atoms with Crippen LogP contribution in [0.15, 0.2) is 34.9 Å². The van der Waals surface area contributed by atoms with Crippen molar-refractivity contribution in [3.8, 4) is 5.75 Å². The highest BCUT2D eigenvalue weighted by atomic mass is 35.5. The van der Waals surface area contributed by atoms with E-state index in [9.17, 15) is 9.59 Å². The molecule has 136 valence electrons. The van der Waals surface area contributed by atoms with Crippen molar-refractivity contribution in [2.75, 3.05) is 13.7 Å². The zero-order valence-electron chi connectivity index (χ0n) is 13.5. The van der Waals surface area contributed by atoms with Crippen LogP contribution in [0.2, 0.25) is 10.0 Å². The Balaban J connectivity index is 1.67. The molecule has 0 unspecified atom stereocenters. The van der Waals surface area contributed by atoms with Gasteiger partial charge in [0, 0.05) is 5.39 Å². The summed E-state index contributed by atoms with van der Waals surface area (Å²) in [5.74, 6) is -0.0683. The molecule has 2 aromatic heterocycles. The Hall–Kier alpha value is -2.22. The van der Waals surface area contributed by atoms with Crippen molar-refractivity contribution < 1.29 is 23.5 Å². The average molecular weight is 414 g/mol. The second-order valence-electron chi connectivity index (χ2n) is 5.14. The van der Waals surface area contributed by atoms with Gasteiger partial charge in [-0.15, -0.1) is 11.3 Å². The summed E-state index contributed by atoms with van der Waals surface area (Å²) in [6.45, 7) is -0.219. The Morgan fingerprint density at radius 2 is 2.04 bits per heavy atom. The Kier molecular flexibility index (Phi) is 5.70. The second kappa shape index (κ2) is 7.99. The number of nitrogens with one attached hydrogen (secondary N) is 1. The maximum Gasteiger partial charge on any atom is 0.350 e. The summed E-state index contributed by atoms with van der Waals surface area (Å²) < 4.78 is 15.9. The number of fused-ring (bicyclic) bond motifs is 1. The summed E-state index contributed by atoms with van der Waals surface area (Å²) in [5, 5.41) is 3.80. The molecule has 26 heavy (non-hydrogen) atoms. The largest absolute Gasteiger partial charge is 0.495 e. The van der Waals surface area contributed by atoms with Crippen LogP contribution in [-0.2, 0) is 16.1 Å². The average Bonchev–Trinajstić information content (AvgIpc) is 3.27. The molecule has 1 amide bonds. The minimum absolute atomic E-state index is 0.177. The van der Waals surface area contributed by atoms with Crippen LogP contribution in [-0.4, -0.2) is 25.6 Å². The van der Waals surface area contributed by atoms with E-state index in [1.807, 2.05) is 0 Å². The van der Waals surface area contributed by atoms with Crippen LogP contribution in [0.4, 0.5) is 0 Å². The van der Waals surface area contributed by atoms with E-state index in [0.29, 0.717) is 26.6 Å². The predicted octanol–water partition coefficient (Wildman–Crippen LogP) is 4.28. The number of benzene rings is 1. The lowest BCUT2D eigenvalue weighted by Gasteiger charge is -2.04. The highest BCUT2D eigenvalue weighted by molar-refractivity contribution is 7.22. The highest BCUT2D eigenvalue weighted by Crippen LogP contribution is 2.43. The number of halogens is 2. The molecule has 0 aliphatic carbocycles. The van der Waals surface area contributed by atoms with E-state index >= 15 is 0 Å². The standard InChI is InChI=1S/C17H13Cl2NO5S/c1-23-11-5-4-10-13(18)16(26-15(10)14(11)19)17(22)25-8-12(21)20-7-9-3-2-6-24-9/h2-6H,7-8H2,1H3,(H,20,21). The fourth-order valence-corrected chi connectivity index (χ4v) is 4.00. The number of esters is 1. The van der Waals surface area contributed by atoms with E-state index in [1.165, 1.54) is 13.4 Å². The van der Waals surface area contributed by atoms with E-state index in [2.05, 4.69) is 5.32 Å². The van der Waals surface area contributed by atoms with Crippen molar-refractivity contribution in [2.24, 2.45) is 0 Å². The number of furan rings is 1. The van der Waals surface area contributed by atoms with Crippen molar-refractivity contribution in [2.45, 2.75) is 6.54 Å². The van der Waals surface area contributed by atoms with Crippen molar-refractivity contribution >= 4 is 56.5 Å². The molecule has 1 aromatic carbocycles. The van der Waals surface area contributed by atoms with Gasteiger partial charge < -0.3 is 19.2 Å². The fourth-order valence-electron chi connectivity index (χ4n) is 2.22. The van der Waals surface area contributed by atoms with Crippen LogP contribution in [0.3, 0.4) is 0 Å². The van der Waals surface area contributed by atoms with E-state index in [-0.39, 0.29) is 16.4 Å². The van der Waals surface area contributed by atoms with E-state index in [4.69, 9.17) is 37.1 Å². The minimum Gasteiger partial charge on any atom is -0.495 e. The smallest absolute Gasteiger partial charge is 0.350 e. The third-order valence-corrected chi connectivity index (χ3v) is 5.68. The third kappa shape index (κ3) is 3.80. The van der Waals surface area contributed by atoms with Gasteiger partial charge in [0.25, 0.3) is 5.91 Å². The molecule has 3 rings (SSSR count). The Bertz CT molecular complexity index is 952. The van der Waals surface area contributed by atoms with Crippen molar-refractivity contribution in [1.29, 1.82) is 0 Å². The first-order chi connectivity index (χ1) is 12.5. The van der Waals surface area contributed by atoms with Crippen LogP contribution in [0.5, 0.6) is 5.75 Å². The molecule has 0 saturated heterocycles. The van der Waals surface area contributed by atoms with Crippen LogP contribution < -0.4 is 10.1 Å². The SMILES string of the molecule is COc1ccc2c(Cl)c(C(=O)OCC(=O)NCc3ccco3)sc2c1Cl. The summed E-state index contributed by atoms with van der Waals surface area (Å²) in [5.41, 5.74) is 0. The number of carbonyl (C=O) groups excluding carboxylic acids is 2. The molecular formula is C17H13Cl2NO5S. The first-order valence-electron chi connectivity index (χ1n) is 7.42. The van der Waals surface area contributed by atoms with E-state index in [0.717, 1.165) is 11.3 Å². The molecule has 3 aromatic rings. The Morgan fingerprint density at radius 1 is 1.23 bits per heavy atom. The number of amides is 1. The van der Waals surface area contributed by atoms with Crippen molar-refractivity contribution in [3.63, 3.8) is 0 Å². The van der Waals surface area contributed by atoms with Gasteiger partial charge >= 0.3 is 5.97 Å². The minimum atomic E-state index is -0.695. The molecule has 0 radical (unpaired) electrons. The number of hydrogen-bond acceptors (Lipinski definition) is 6. The zero-order chi connectivity index (χ0) is 18.7. The fraction of sp³-hybridized carbons (Fsp3) is 0.176. The van der Waals surface area contributed by atoms with Gasteiger partial charge in [-0.05, 0) is 24.3 Å². The summed E-state index contributed by atoms with van der Waals surface area (Å²) in [6, 6.07) is 6.82. The second-order valence-corrected chi connectivity index (χ2v) is 6.91. The molecule has 0 atom stereocenters. The molecule has 0 spiro atoms. The predicted molar refractivity (Wildman–Crippen MR) is 99.2 cm³/mol. The lowest BCUT2D eigenvalue weighted by Crippen LogP contribution is -2.28. The van der Waals surface area contributed by atoms with Crippen molar-refractivity contribution in [3.05, 3.63) is 51.2 Å². The maximum atomic E-state index is 12.3. The van der Waals surface area contributed by atoms with Crippen LogP contribution in [0, 0.1) is 0 Å². The van der Waals surface area contributed by atoms with Gasteiger partial charge in [-0.3, -0.25) is 4.79 Å². The number of hydrogen-bond donors (Lipinski definition) is 1. The summed E-state index contributed by atoms with van der Waals surface area (Å²) in [6.07, 6.45) is 1.51. The summed E-state index contributed by atoms with van der Waals surface area (Å²) in [4.78, 5) is 24.2. The number of ether oxygens (including phenoxy) is 2. The van der Waals surface area contributed by atoms with Gasteiger partial charge in [0.1, 0.15) is 21.4 Å². The normalized spacial score (nSPS) is 10.7. The molecule has 2 heterocycles. The van der Waals surface area contributed by atoms with E-state index < -0.39 is 18.5 Å². The maximum absolute atomic E-state index is 12.3. The van der Waals surface area contributed by atoms with Crippen molar-refractivity contribution in [1.82, 2.24) is 5.32 Å². The van der Waals surface area contributed by atoms with Crippen LogP contribution in [0.1, 0.15) is 15.4 Å². The Labute approximate surface area is 162 Å². The molecule has 0 aliphatic heterocycles. The molecule has 1 N–H and O–H groups in total. The van der Waals surface area contributed by atoms with Gasteiger partial charge in [0.15, 0.2) is 6.61 Å². The molecule has 0 saturated carbocycles. The zero-order valence-corrected chi connectivity index (χ0v) is 15.8. The Morgan fingerprint density at radius 3 is 2.73 bits per heavy atom. The molecular weight excluding hydrogens is 401 g/mol. The molecule has 0 bridgehead atoms. The number of thiophene rings is 1. The number of methoxy groups -OCH3 is 1. The van der Waals surface area contributed by atoms with Gasteiger partial charge in [-0.25, -0.2) is 4.79 Å². The number of rotatable bonds is 6. The topological polar surface area (TPSA) is 77.8 Å². The van der Waals surface area contributed by atoms with Gasteiger partial charge in [0.05, 0.1) is 29.6 Å². The first-order valence-corrected chi connectivity index (χ1v) is 8.99. The van der Waals surface area contributed by atoms with E-state index in [1.54, 1.807) is 24.3 Å². The van der Waals surface area contributed by atoms with Gasteiger partial charge in [0.2, 0.25) is 0 Å². The lowest BCUT2D eigenvalue weighted by molar-refractivity contribution is -0.124. The first kappa shape index (κ1) is 18.6. The monoisotopic (exact) mass is 413 g/mol. The van der Waals surface area contributed by atoms with Crippen LogP contribution >= 0.6 is 34.5 Å². The van der Waals surface area contributed by atoms with Crippen LogP contribution in [0.25, 0.3) is 10.1 Å².